The lowest BCUT2D eigenvalue weighted by Gasteiger charge is -1.84. The number of hydrogen-bond donors (Lipinski definition) is 0. The summed E-state index contributed by atoms with van der Waals surface area (Å²) in [6, 6.07) is 0. The second-order valence-electron chi connectivity index (χ2n) is 1.90. The maximum Gasteiger partial charge on any atom is 0.0277 e. The van der Waals surface area contributed by atoms with Crippen molar-refractivity contribution in [1.29, 1.82) is 0 Å². The minimum absolute atomic E-state index is 0.987. The molecule has 0 spiro atoms. The monoisotopic (exact) mass is 147 g/mol. The third-order valence-electron chi connectivity index (χ3n) is 1.02. The van der Waals surface area contributed by atoms with Crippen LogP contribution in [0.25, 0.3) is 0 Å². The fraction of sp³-hybridized carbons (Fsp3) is 0.300. The molecule has 0 amide bonds. The van der Waals surface area contributed by atoms with Crippen molar-refractivity contribution in [2.24, 2.45) is 4.99 Å². The van der Waals surface area contributed by atoms with Gasteiger partial charge in [0.25, 0.3) is 0 Å². The predicted octanol–water partition coefficient (Wildman–Crippen LogP) is 2.21. The largest absolute Gasteiger partial charge is 0.296 e. The molecule has 0 heterocycles. The van der Waals surface area contributed by atoms with Crippen molar-refractivity contribution < 1.29 is 0 Å². The van der Waals surface area contributed by atoms with Gasteiger partial charge in [-0.25, -0.2) is 0 Å². The molecule has 58 valence electrons. The lowest BCUT2D eigenvalue weighted by atomic mass is 10.2. The van der Waals surface area contributed by atoms with Crippen LogP contribution in [0.3, 0.4) is 0 Å². The van der Waals surface area contributed by atoms with Crippen LogP contribution in [0.4, 0.5) is 0 Å². The van der Waals surface area contributed by atoms with Crippen LogP contribution in [0.2, 0.25) is 0 Å². The molecular formula is C10H13N. The highest BCUT2D eigenvalue weighted by Crippen LogP contribution is 1.92. The second-order valence-corrected chi connectivity index (χ2v) is 1.90. The Morgan fingerprint density at radius 1 is 1.45 bits per heavy atom. The van der Waals surface area contributed by atoms with Crippen molar-refractivity contribution in [1.82, 2.24) is 0 Å². The summed E-state index contributed by atoms with van der Waals surface area (Å²) in [5.74, 6) is 5.78. The van der Waals surface area contributed by atoms with Gasteiger partial charge in [-0.2, -0.15) is 0 Å². The first-order valence-corrected chi connectivity index (χ1v) is 3.53. The van der Waals surface area contributed by atoms with E-state index in [0.29, 0.717) is 0 Å². The zero-order valence-electron chi connectivity index (χ0n) is 7.26. The molecule has 0 radical (unpaired) electrons. The quantitative estimate of drug-likeness (QED) is 0.322. The first kappa shape index (κ1) is 9.71. The molecule has 0 aromatic heterocycles. The average Bonchev–Trinajstić information content (AvgIpc) is 2.01. The van der Waals surface area contributed by atoms with Crippen LogP contribution in [0.5, 0.6) is 0 Å². The SMILES string of the molecule is CC#CC(/C=C\C)=C/C=N/C. The normalized spacial score (nSPS) is 12.1. The lowest BCUT2D eigenvalue weighted by molar-refractivity contribution is 1.47. The van der Waals surface area contributed by atoms with Gasteiger partial charge in [-0.3, -0.25) is 4.99 Å². The fourth-order valence-corrected chi connectivity index (χ4v) is 0.618. The summed E-state index contributed by atoms with van der Waals surface area (Å²) in [4.78, 5) is 3.84. The Labute approximate surface area is 68.5 Å². The van der Waals surface area contributed by atoms with Gasteiger partial charge in [0.15, 0.2) is 0 Å². The second kappa shape index (κ2) is 6.82. The molecule has 0 rings (SSSR count). The molecule has 1 heteroatoms. The van der Waals surface area contributed by atoms with Gasteiger partial charge in [0.2, 0.25) is 0 Å². The smallest absolute Gasteiger partial charge is 0.0277 e. The van der Waals surface area contributed by atoms with Crippen molar-refractivity contribution in [2.75, 3.05) is 7.05 Å². The van der Waals surface area contributed by atoms with E-state index in [1.54, 1.807) is 13.3 Å². The molecule has 1 nitrogen and oxygen atoms in total. The molecule has 0 bridgehead atoms. The van der Waals surface area contributed by atoms with E-state index in [0.717, 1.165) is 5.57 Å². The van der Waals surface area contributed by atoms with E-state index in [1.165, 1.54) is 0 Å². The van der Waals surface area contributed by atoms with Gasteiger partial charge in [0.05, 0.1) is 0 Å². The Morgan fingerprint density at radius 3 is 2.64 bits per heavy atom. The maximum absolute atomic E-state index is 3.84. The van der Waals surface area contributed by atoms with Crippen LogP contribution >= 0.6 is 0 Å². The van der Waals surface area contributed by atoms with E-state index in [9.17, 15) is 0 Å². The predicted molar refractivity (Wildman–Crippen MR) is 50.8 cm³/mol. The number of allylic oxidation sites excluding steroid dienone is 4. The highest BCUT2D eigenvalue weighted by molar-refractivity contribution is 5.74. The first-order chi connectivity index (χ1) is 5.35. The van der Waals surface area contributed by atoms with E-state index in [-0.39, 0.29) is 0 Å². The third-order valence-corrected chi connectivity index (χ3v) is 1.02. The van der Waals surface area contributed by atoms with E-state index < -0.39 is 0 Å². The number of aliphatic imine (C=N–C) groups is 1. The van der Waals surface area contributed by atoms with Crippen molar-refractivity contribution >= 4 is 6.21 Å². The molecule has 0 fully saturated rings. The topological polar surface area (TPSA) is 12.4 Å². The molecule has 0 aliphatic rings. The molecule has 0 aromatic carbocycles. The zero-order valence-corrected chi connectivity index (χ0v) is 7.26. The van der Waals surface area contributed by atoms with Crippen molar-refractivity contribution in [3.63, 3.8) is 0 Å². The Bertz CT molecular complexity index is 233. The summed E-state index contributed by atoms with van der Waals surface area (Å²) in [5.41, 5.74) is 0.987. The summed E-state index contributed by atoms with van der Waals surface area (Å²) >= 11 is 0. The Morgan fingerprint density at radius 2 is 2.18 bits per heavy atom. The molecule has 0 unspecified atom stereocenters. The van der Waals surface area contributed by atoms with Crippen LogP contribution < -0.4 is 0 Å². The first-order valence-electron chi connectivity index (χ1n) is 3.53. The maximum atomic E-state index is 3.84. The number of hydrogen-bond acceptors (Lipinski definition) is 1. The van der Waals surface area contributed by atoms with Crippen LogP contribution in [0.15, 0.2) is 28.8 Å². The minimum Gasteiger partial charge on any atom is -0.296 e. The Kier molecular flexibility index (Phi) is 6.02. The summed E-state index contributed by atoms with van der Waals surface area (Å²) < 4.78 is 0. The van der Waals surface area contributed by atoms with E-state index in [1.807, 2.05) is 32.1 Å². The van der Waals surface area contributed by atoms with Crippen LogP contribution in [-0.2, 0) is 0 Å². The third kappa shape index (κ3) is 5.17. The van der Waals surface area contributed by atoms with Gasteiger partial charge in [-0.05, 0) is 19.9 Å². The molecule has 0 N–H and O–H groups in total. The zero-order chi connectivity index (χ0) is 8.53. The lowest BCUT2D eigenvalue weighted by Crippen LogP contribution is -1.73. The summed E-state index contributed by atoms with van der Waals surface area (Å²) in [5, 5.41) is 0. The van der Waals surface area contributed by atoms with Gasteiger partial charge in [-0.1, -0.05) is 18.1 Å². The van der Waals surface area contributed by atoms with E-state index in [2.05, 4.69) is 16.8 Å². The van der Waals surface area contributed by atoms with E-state index in [4.69, 9.17) is 0 Å². The molecule has 11 heavy (non-hydrogen) atoms. The van der Waals surface area contributed by atoms with Crippen molar-refractivity contribution in [2.45, 2.75) is 13.8 Å². The van der Waals surface area contributed by atoms with E-state index >= 15 is 0 Å². The molecular weight excluding hydrogens is 134 g/mol. The number of nitrogens with zero attached hydrogens (tertiary/aromatic N) is 1. The average molecular weight is 147 g/mol. The van der Waals surface area contributed by atoms with Crippen LogP contribution in [0.1, 0.15) is 13.8 Å². The van der Waals surface area contributed by atoms with Crippen molar-refractivity contribution in [3.8, 4) is 11.8 Å². The Hall–Kier alpha value is -1.29. The van der Waals surface area contributed by atoms with Crippen molar-refractivity contribution in [3.05, 3.63) is 23.8 Å². The van der Waals surface area contributed by atoms with Crippen LogP contribution in [-0.4, -0.2) is 13.3 Å². The fourth-order valence-electron chi connectivity index (χ4n) is 0.618. The highest BCUT2D eigenvalue weighted by Gasteiger charge is 1.79. The molecule has 0 saturated heterocycles. The summed E-state index contributed by atoms with van der Waals surface area (Å²) in [6.07, 6.45) is 7.54. The van der Waals surface area contributed by atoms with Gasteiger partial charge in [0.1, 0.15) is 0 Å². The number of rotatable bonds is 2. The molecule has 0 aromatic rings. The summed E-state index contributed by atoms with van der Waals surface area (Å²) in [6.45, 7) is 3.79. The Balaban J connectivity index is 4.40. The van der Waals surface area contributed by atoms with Gasteiger partial charge in [-0.15, -0.1) is 5.92 Å². The molecule has 0 saturated carbocycles. The highest BCUT2D eigenvalue weighted by atomic mass is 14.6. The molecule has 0 aliphatic carbocycles. The summed E-state index contributed by atoms with van der Waals surface area (Å²) in [7, 11) is 1.74. The molecule has 0 atom stereocenters. The van der Waals surface area contributed by atoms with Gasteiger partial charge < -0.3 is 0 Å². The van der Waals surface area contributed by atoms with Crippen LogP contribution in [0, 0.1) is 11.8 Å². The van der Waals surface area contributed by atoms with Gasteiger partial charge in [0, 0.05) is 18.8 Å². The molecule has 0 aliphatic heterocycles. The minimum atomic E-state index is 0.987. The van der Waals surface area contributed by atoms with Gasteiger partial charge >= 0.3 is 0 Å². The standard InChI is InChI=1S/C10H13N/c1-4-6-10(7-5-2)8-9-11-3/h4,6,8-9H,1-3H3/b6-4-,10-8+,11-9+.